The Bertz CT molecular complexity index is 1160. The van der Waals surface area contributed by atoms with Crippen molar-refractivity contribution in [3.05, 3.63) is 69.8 Å². The van der Waals surface area contributed by atoms with Gasteiger partial charge in [-0.3, -0.25) is 4.79 Å². The average molecular weight is 452 g/mol. The molecule has 0 saturated heterocycles. The van der Waals surface area contributed by atoms with E-state index < -0.39 is 0 Å². The molecule has 0 unspecified atom stereocenters. The van der Waals surface area contributed by atoms with Gasteiger partial charge in [0.25, 0.3) is 5.91 Å². The van der Waals surface area contributed by atoms with Gasteiger partial charge in [0.05, 0.1) is 11.0 Å². The smallest absolute Gasteiger partial charge is 0.254 e. The van der Waals surface area contributed by atoms with Gasteiger partial charge in [-0.05, 0) is 50.8 Å². The Balaban J connectivity index is 1.58. The van der Waals surface area contributed by atoms with Gasteiger partial charge < -0.3 is 9.47 Å². The van der Waals surface area contributed by atoms with Gasteiger partial charge in [0.2, 0.25) is 0 Å². The summed E-state index contributed by atoms with van der Waals surface area (Å²) in [5.41, 5.74) is 2.64. The second-order valence-electron chi connectivity index (χ2n) is 7.39. The Morgan fingerprint density at radius 3 is 2.52 bits per heavy atom. The normalized spacial score (nSPS) is 16.3. The van der Waals surface area contributed by atoms with Gasteiger partial charge in [0, 0.05) is 28.4 Å². The number of aromatic nitrogens is 4. The molecule has 0 N–H and O–H groups in total. The summed E-state index contributed by atoms with van der Waals surface area (Å²) in [7, 11) is 0. The van der Waals surface area contributed by atoms with Crippen LogP contribution in [0.5, 0.6) is 0 Å². The Hall–Kier alpha value is -2.71. The summed E-state index contributed by atoms with van der Waals surface area (Å²) in [6.45, 7) is 11.1. The fraction of sp³-hybridized carbons (Fsp3) is 0.304. The quantitative estimate of drug-likeness (QED) is 0.504. The predicted octanol–water partition coefficient (Wildman–Crippen LogP) is 5.13. The van der Waals surface area contributed by atoms with Crippen molar-refractivity contribution in [2.75, 3.05) is 12.8 Å². The fourth-order valence-electron chi connectivity index (χ4n) is 3.91. The number of carbonyl (C=O) groups excluding carboxylic acids is 1. The summed E-state index contributed by atoms with van der Waals surface area (Å²) in [6.07, 6.45) is 5.78. The minimum Gasteiger partial charge on any atom is -0.327 e. The maximum Gasteiger partial charge on any atom is 0.254 e. The molecule has 0 spiro atoms. The van der Waals surface area contributed by atoms with Gasteiger partial charge in [-0.25, -0.2) is 4.98 Å². The molecule has 1 aliphatic rings. The van der Waals surface area contributed by atoms with Crippen LogP contribution < -0.4 is 0 Å². The van der Waals surface area contributed by atoms with E-state index in [9.17, 15) is 4.79 Å². The molecule has 1 atom stereocenters. The van der Waals surface area contributed by atoms with E-state index in [2.05, 4.69) is 33.3 Å². The van der Waals surface area contributed by atoms with Crippen molar-refractivity contribution in [3.8, 4) is 11.5 Å². The zero-order valence-corrected chi connectivity index (χ0v) is 19.8. The maximum atomic E-state index is 13.3. The first-order valence-corrected chi connectivity index (χ1v) is 12.1. The number of aryl methyl sites for hydroxylation is 2. The zero-order chi connectivity index (χ0) is 22.1. The number of thioether (sulfide) groups is 1. The average Bonchev–Trinajstić information content (AvgIpc) is 3.34. The molecular formula is C23H25N5OS2. The van der Waals surface area contributed by atoms with Gasteiger partial charge in [0.15, 0.2) is 11.6 Å². The van der Waals surface area contributed by atoms with Gasteiger partial charge in [-0.2, -0.15) is 0 Å². The standard InChI is InChI=1S/C23H25N5OS2/c1-6-7-19(30-5)17-8-10-18(11-9-17)23(29)27-12-13-28-21(14(27)2)25-26-22(28)20-15(3)31-16(4)24-20/h6-11,14H,1,12-13H2,2-5H3/b19-7-/t14-/m1/s1. The highest BCUT2D eigenvalue weighted by Crippen LogP contribution is 2.32. The van der Waals surface area contributed by atoms with E-state index in [1.54, 1.807) is 29.2 Å². The molecule has 160 valence electrons. The second-order valence-corrected chi connectivity index (χ2v) is 9.65. The van der Waals surface area contributed by atoms with Gasteiger partial charge in [-0.1, -0.05) is 24.8 Å². The summed E-state index contributed by atoms with van der Waals surface area (Å²) in [5.74, 6) is 1.60. The van der Waals surface area contributed by atoms with Crippen molar-refractivity contribution in [2.45, 2.75) is 33.4 Å². The predicted molar refractivity (Wildman–Crippen MR) is 128 cm³/mol. The van der Waals surface area contributed by atoms with Crippen molar-refractivity contribution >= 4 is 33.9 Å². The molecule has 2 aromatic heterocycles. The molecule has 1 aliphatic heterocycles. The molecule has 0 radical (unpaired) electrons. The Morgan fingerprint density at radius 1 is 1.19 bits per heavy atom. The van der Waals surface area contributed by atoms with Crippen molar-refractivity contribution in [1.82, 2.24) is 24.6 Å². The van der Waals surface area contributed by atoms with Crippen molar-refractivity contribution in [3.63, 3.8) is 0 Å². The third-order valence-corrected chi connectivity index (χ3v) is 7.16. The second kappa shape index (κ2) is 8.80. The first kappa shape index (κ1) is 21.5. The van der Waals surface area contributed by atoms with Crippen LogP contribution in [0.4, 0.5) is 0 Å². The molecule has 3 heterocycles. The lowest BCUT2D eigenvalue weighted by Crippen LogP contribution is -2.41. The highest BCUT2D eigenvalue weighted by molar-refractivity contribution is 8.07. The largest absolute Gasteiger partial charge is 0.327 e. The minimum absolute atomic E-state index is 0.00827. The molecule has 0 aliphatic carbocycles. The third-order valence-electron chi connectivity index (χ3n) is 5.47. The van der Waals surface area contributed by atoms with E-state index in [4.69, 9.17) is 0 Å². The number of amides is 1. The number of benzene rings is 1. The molecule has 8 heteroatoms. The lowest BCUT2D eigenvalue weighted by Gasteiger charge is -2.33. The number of nitrogens with zero attached hydrogens (tertiary/aromatic N) is 5. The first-order chi connectivity index (χ1) is 14.9. The molecule has 6 nitrogen and oxygen atoms in total. The Kier molecular flexibility index (Phi) is 6.11. The number of allylic oxidation sites excluding steroid dienone is 2. The topological polar surface area (TPSA) is 63.9 Å². The SMILES string of the molecule is C=C/C=C(\SC)c1ccc(C(=O)N2CCn3c(-c4nc(C)sc4C)nnc3[C@H]2C)cc1. The lowest BCUT2D eigenvalue weighted by atomic mass is 10.1. The van der Waals surface area contributed by atoms with Crippen LogP contribution in [0.1, 0.15) is 44.6 Å². The van der Waals surface area contributed by atoms with Crippen molar-refractivity contribution < 1.29 is 4.79 Å². The molecule has 1 amide bonds. The minimum atomic E-state index is -0.162. The van der Waals surface area contributed by atoms with E-state index in [0.717, 1.165) is 37.7 Å². The van der Waals surface area contributed by atoms with Crippen LogP contribution >= 0.6 is 23.1 Å². The summed E-state index contributed by atoms with van der Waals surface area (Å²) in [6, 6.07) is 7.60. The fourth-order valence-corrected chi connectivity index (χ4v) is 5.32. The molecule has 4 rings (SSSR count). The Labute approximate surface area is 190 Å². The molecule has 0 bridgehead atoms. The molecule has 0 saturated carbocycles. The third kappa shape index (κ3) is 3.97. The van der Waals surface area contributed by atoms with Gasteiger partial charge >= 0.3 is 0 Å². The van der Waals surface area contributed by atoms with Crippen LogP contribution in [-0.4, -0.2) is 43.4 Å². The number of hydrogen-bond acceptors (Lipinski definition) is 6. The van der Waals surface area contributed by atoms with Crippen LogP contribution in [0, 0.1) is 13.8 Å². The summed E-state index contributed by atoms with van der Waals surface area (Å²) < 4.78 is 2.10. The molecule has 31 heavy (non-hydrogen) atoms. The summed E-state index contributed by atoms with van der Waals surface area (Å²) >= 11 is 3.32. The van der Waals surface area contributed by atoms with E-state index in [1.807, 2.05) is 55.3 Å². The van der Waals surface area contributed by atoms with Crippen LogP contribution in [0.2, 0.25) is 0 Å². The van der Waals surface area contributed by atoms with Crippen LogP contribution in [0.15, 0.2) is 43.0 Å². The first-order valence-electron chi connectivity index (χ1n) is 10.1. The molecule has 3 aromatic rings. The van der Waals surface area contributed by atoms with E-state index in [-0.39, 0.29) is 11.9 Å². The summed E-state index contributed by atoms with van der Waals surface area (Å²) in [4.78, 5) is 22.0. The highest BCUT2D eigenvalue weighted by atomic mass is 32.2. The lowest BCUT2D eigenvalue weighted by molar-refractivity contribution is 0.0638. The van der Waals surface area contributed by atoms with Crippen LogP contribution in [-0.2, 0) is 6.54 Å². The maximum absolute atomic E-state index is 13.3. The molecular weight excluding hydrogens is 426 g/mol. The van der Waals surface area contributed by atoms with Crippen LogP contribution in [0.25, 0.3) is 16.4 Å². The summed E-state index contributed by atoms with van der Waals surface area (Å²) in [5, 5.41) is 9.86. The van der Waals surface area contributed by atoms with Crippen molar-refractivity contribution in [1.29, 1.82) is 0 Å². The number of hydrogen-bond donors (Lipinski definition) is 0. The number of fused-ring (bicyclic) bond motifs is 1. The number of carbonyl (C=O) groups is 1. The van der Waals surface area contributed by atoms with Gasteiger partial charge in [0.1, 0.15) is 5.69 Å². The van der Waals surface area contributed by atoms with Crippen LogP contribution in [0.3, 0.4) is 0 Å². The number of thiazole rings is 1. The number of rotatable bonds is 5. The Morgan fingerprint density at radius 2 is 1.90 bits per heavy atom. The monoisotopic (exact) mass is 451 g/mol. The molecule has 1 aromatic carbocycles. The van der Waals surface area contributed by atoms with E-state index >= 15 is 0 Å². The molecule has 0 fully saturated rings. The zero-order valence-electron chi connectivity index (χ0n) is 18.1. The van der Waals surface area contributed by atoms with E-state index in [0.29, 0.717) is 18.7 Å². The van der Waals surface area contributed by atoms with Gasteiger partial charge in [-0.15, -0.1) is 33.3 Å². The van der Waals surface area contributed by atoms with Crippen molar-refractivity contribution in [2.24, 2.45) is 0 Å². The highest BCUT2D eigenvalue weighted by Gasteiger charge is 2.32. The van der Waals surface area contributed by atoms with E-state index in [1.165, 1.54) is 0 Å².